The summed E-state index contributed by atoms with van der Waals surface area (Å²) in [5.74, 6) is -0.572. The Hall–Kier alpha value is -0.696. The zero-order chi connectivity index (χ0) is 37.2. The van der Waals surface area contributed by atoms with Crippen molar-refractivity contribution >= 4 is 61.7 Å². The highest BCUT2D eigenvalue weighted by molar-refractivity contribution is 9.09. The summed E-state index contributed by atoms with van der Waals surface area (Å²) < 4.78 is 20.6. The van der Waals surface area contributed by atoms with E-state index in [0.29, 0.717) is 12.8 Å². The smallest absolute Gasteiger partial charge is 0.309 e. The number of ether oxygens (including phenoxy) is 1. The molecule has 1 aromatic rings. The number of nitrogens with zero attached hydrogens (tertiary/aromatic N) is 1. The molecular formula is C38H68BrNO6SSi2. The van der Waals surface area contributed by atoms with Gasteiger partial charge in [0.2, 0.25) is 0 Å². The standard InChI is InChI=1S/C38H68BrNO6SSi2/c1-13-48(14-2,15-3)45-34-24-35(42)44-33(27(8)22-30-25-47-29(10)40-30)23-31(39)32(41)21-19-20-26(7)36(28(9)37(43)38(34,11)12)46-49(16-4,17-5)18-6/h22,25-26,28,31-34,36,41H,13-21,23-24H2,1-12H3/t26-,28+,31+,32+,33-,34+,36-/m1/s1. The van der Waals surface area contributed by atoms with Gasteiger partial charge in [-0.1, -0.05) is 91.6 Å². The fourth-order valence-corrected chi connectivity index (χ4v) is 14.6. The predicted octanol–water partition coefficient (Wildman–Crippen LogP) is 10.5. The number of esters is 1. The van der Waals surface area contributed by atoms with Crippen LogP contribution in [0.3, 0.4) is 0 Å². The monoisotopic (exact) mass is 801 g/mol. The Balaban J connectivity index is 2.66. The van der Waals surface area contributed by atoms with E-state index in [-0.39, 0.29) is 35.0 Å². The van der Waals surface area contributed by atoms with Gasteiger partial charge in [-0.3, -0.25) is 9.59 Å². The second-order valence-electron chi connectivity index (χ2n) is 15.1. The van der Waals surface area contributed by atoms with Crippen molar-refractivity contribution in [3.63, 3.8) is 0 Å². The second kappa shape index (κ2) is 19.9. The van der Waals surface area contributed by atoms with Crippen molar-refractivity contribution in [2.45, 2.75) is 181 Å². The summed E-state index contributed by atoms with van der Waals surface area (Å²) in [7, 11) is -4.29. The Morgan fingerprint density at radius 2 is 1.57 bits per heavy atom. The van der Waals surface area contributed by atoms with E-state index in [1.54, 1.807) is 11.3 Å². The fourth-order valence-electron chi connectivity index (χ4n) is 7.45. The number of cyclic esters (lactones) is 1. The number of aliphatic hydroxyl groups is 1. The molecule has 7 atom stereocenters. The predicted molar refractivity (Wildman–Crippen MR) is 213 cm³/mol. The zero-order valence-electron chi connectivity index (χ0n) is 32.7. The fraction of sp³-hybridized carbons (Fsp3) is 0.816. The van der Waals surface area contributed by atoms with E-state index in [1.807, 2.05) is 46.1 Å². The molecule has 282 valence electrons. The van der Waals surface area contributed by atoms with E-state index >= 15 is 0 Å². The Bertz CT molecular complexity index is 1200. The zero-order valence-corrected chi connectivity index (χ0v) is 37.1. The van der Waals surface area contributed by atoms with E-state index in [0.717, 1.165) is 65.4 Å². The van der Waals surface area contributed by atoms with Crippen LogP contribution in [-0.4, -0.2) is 67.7 Å². The molecule has 0 spiro atoms. The second-order valence-corrected chi connectivity index (χ2v) is 26.8. The summed E-state index contributed by atoms with van der Waals surface area (Å²) in [5, 5.41) is 14.3. The van der Waals surface area contributed by atoms with Crippen LogP contribution in [0, 0.1) is 24.2 Å². The number of carbonyl (C=O) groups is 2. The van der Waals surface area contributed by atoms with Gasteiger partial charge in [-0.25, -0.2) is 4.98 Å². The number of hydrogen-bond acceptors (Lipinski definition) is 8. The Morgan fingerprint density at radius 3 is 2.08 bits per heavy atom. The van der Waals surface area contributed by atoms with E-state index < -0.39 is 46.3 Å². The SMILES string of the molecule is CC[Si](CC)(CC)O[C@@H]1[C@H](C)CCC[C@H](O)[C@@H](Br)C[C@H](C(C)=Cc2csc(C)n2)OC(=O)C[C@H](O[Si](CC)(CC)CC)C(C)(C)C(=O)[C@H]1C. The topological polar surface area (TPSA) is 95.0 Å². The number of carbonyl (C=O) groups excluding carboxylic acids is 2. The van der Waals surface area contributed by atoms with Crippen molar-refractivity contribution in [3.8, 4) is 0 Å². The Labute approximate surface area is 313 Å². The molecule has 2 heterocycles. The first-order valence-electron chi connectivity index (χ1n) is 19.0. The van der Waals surface area contributed by atoms with Crippen molar-refractivity contribution in [2.24, 2.45) is 17.3 Å². The molecule has 1 saturated heterocycles. The maximum absolute atomic E-state index is 14.9. The van der Waals surface area contributed by atoms with Gasteiger partial charge in [0, 0.05) is 28.0 Å². The number of thiazole rings is 1. The highest BCUT2D eigenvalue weighted by atomic mass is 79.9. The molecule has 0 radical (unpaired) electrons. The molecule has 0 saturated carbocycles. The number of aromatic nitrogens is 1. The van der Waals surface area contributed by atoms with Crippen LogP contribution in [0.5, 0.6) is 0 Å². The Kier molecular flexibility index (Phi) is 18.1. The van der Waals surface area contributed by atoms with Gasteiger partial charge < -0.3 is 18.7 Å². The van der Waals surface area contributed by atoms with Crippen molar-refractivity contribution in [1.29, 1.82) is 0 Å². The molecule has 1 aliphatic heterocycles. The number of ketones is 1. The van der Waals surface area contributed by atoms with Gasteiger partial charge in [0.25, 0.3) is 0 Å². The molecule has 1 fully saturated rings. The van der Waals surface area contributed by atoms with Crippen molar-refractivity contribution < 1.29 is 28.3 Å². The van der Waals surface area contributed by atoms with E-state index in [4.69, 9.17) is 13.6 Å². The number of rotatable bonds is 12. The van der Waals surface area contributed by atoms with Gasteiger partial charge in [0.1, 0.15) is 11.9 Å². The third-order valence-electron chi connectivity index (χ3n) is 11.7. The molecule has 0 aliphatic carbocycles. The first-order valence-corrected chi connectivity index (χ1v) is 25.8. The molecule has 1 N–H and O–H groups in total. The van der Waals surface area contributed by atoms with Gasteiger partial charge in [0.15, 0.2) is 16.6 Å². The number of hydrogen-bond donors (Lipinski definition) is 1. The minimum Gasteiger partial charge on any atom is -0.458 e. The molecule has 0 aromatic carbocycles. The van der Waals surface area contributed by atoms with E-state index in [9.17, 15) is 14.7 Å². The van der Waals surface area contributed by atoms with Crippen LogP contribution in [-0.2, 0) is 23.2 Å². The maximum atomic E-state index is 14.9. The number of aryl methyl sites for hydroxylation is 1. The highest BCUT2D eigenvalue weighted by Gasteiger charge is 2.48. The van der Waals surface area contributed by atoms with Gasteiger partial charge in [0.05, 0.1) is 35.4 Å². The molecule has 0 amide bonds. The van der Waals surface area contributed by atoms with E-state index in [2.05, 4.69) is 69.4 Å². The lowest BCUT2D eigenvalue weighted by molar-refractivity contribution is -0.153. The largest absolute Gasteiger partial charge is 0.458 e. The van der Waals surface area contributed by atoms with Crippen molar-refractivity contribution in [2.75, 3.05) is 0 Å². The lowest BCUT2D eigenvalue weighted by Gasteiger charge is -2.44. The number of alkyl halides is 1. The summed E-state index contributed by atoms with van der Waals surface area (Å²) in [6.45, 7) is 25.3. The van der Waals surface area contributed by atoms with Gasteiger partial charge in [-0.05, 0) is 80.5 Å². The first-order chi connectivity index (χ1) is 23.0. The molecule has 7 nitrogen and oxygen atoms in total. The summed E-state index contributed by atoms with van der Waals surface area (Å²) in [5.41, 5.74) is 0.741. The lowest BCUT2D eigenvalue weighted by atomic mass is 9.73. The van der Waals surface area contributed by atoms with Crippen LogP contribution < -0.4 is 0 Å². The van der Waals surface area contributed by atoms with Crippen LogP contribution in [0.4, 0.5) is 0 Å². The van der Waals surface area contributed by atoms with Crippen LogP contribution in [0.15, 0.2) is 11.0 Å². The summed E-state index contributed by atoms with van der Waals surface area (Å²) in [6.07, 6.45) is 2.54. The number of aliphatic hydroxyl groups excluding tert-OH is 1. The molecule has 0 bridgehead atoms. The minimum atomic E-state index is -2.24. The number of halogens is 1. The Morgan fingerprint density at radius 1 is 1.02 bits per heavy atom. The molecule has 1 aromatic heterocycles. The van der Waals surface area contributed by atoms with Gasteiger partial charge in [-0.2, -0.15) is 0 Å². The third kappa shape index (κ3) is 11.9. The van der Waals surface area contributed by atoms with Crippen LogP contribution in [0.1, 0.15) is 119 Å². The average molecular weight is 803 g/mol. The number of Topliss-reactive ketones (excluding diaryl/α,β-unsaturated/α-hetero) is 1. The average Bonchev–Trinajstić information content (AvgIpc) is 3.49. The molecule has 49 heavy (non-hydrogen) atoms. The minimum absolute atomic E-state index is 0.0199. The van der Waals surface area contributed by atoms with Gasteiger partial charge in [-0.15, -0.1) is 11.3 Å². The third-order valence-corrected chi connectivity index (χ3v) is 22.8. The molecular weight excluding hydrogens is 735 g/mol. The van der Waals surface area contributed by atoms with Crippen molar-refractivity contribution in [1.82, 2.24) is 4.98 Å². The summed E-state index contributed by atoms with van der Waals surface area (Å²) >= 11 is 5.35. The van der Waals surface area contributed by atoms with Crippen molar-refractivity contribution in [3.05, 3.63) is 21.7 Å². The van der Waals surface area contributed by atoms with Crippen LogP contribution in [0.2, 0.25) is 36.3 Å². The lowest BCUT2D eigenvalue weighted by Crippen LogP contribution is -2.53. The quantitative estimate of drug-likeness (QED) is 0.128. The molecule has 0 unspecified atom stereocenters. The van der Waals surface area contributed by atoms with Crippen LogP contribution >= 0.6 is 27.3 Å². The van der Waals surface area contributed by atoms with Crippen LogP contribution in [0.25, 0.3) is 6.08 Å². The first kappa shape index (κ1) is 44.5. The van der Waals surface area contributed by atoms with E-state index in [1.165, 1.54) is 0 Å². The highest BCUT2D eigenvalue weighted by Crippen LogP contribution is 2.40. The maximum Gasteiger partial charge on any atom is 0.309 e. The normalized spacial score (nSPS) is 28.8. The molecule has 1 aliphatic rings. The van der Waals surface area contributed by atoms with Gasteiger partial charge >= 0.3 is 5.97 Å². The summed E-state index contributed by atoms with van der Waals surface area (Å²) in [6, 6.07) is 5.74. The molecule has 11 heteroatoms. The summed E-state index contributed by atoms with van der Waals surface area (Å²) in [4.78, 5) is 33.2. The molecule has 2 rings (SSSR count).